The van der Waals surface area contributed by atoms with Crippen LogP contribution in [-0.4, -0.2) is 165 Å². The number of aliphatic hydroxyl groups is 5. The van der Waals surface area contributed by atoms with Crippen molar-refractivity contribution in [1.29, 1.82) is 0 Å². The monoisotopic (exact) mass is 1190 g/mol. The van der Waals surface area contributed by atoms with Crippen LogP contribution in [-0.2, 0) is 33.3 Å². The van der Waals surface area contributed by atoms with Gasteiger partial charge in [-0.05, 0) is 86.7 Å². The summed E-state index contributed by atoms with van der Waals surface area (Å²) in [5, 5.41) is 65.3. The van der Waals surface area contributed by atoms with E-state index in [4.69, 9.17) is 23.7 Å². The van der Waals surface area contributed by atoms with Crippen molar-refractivity contribution >= 4 is 35.1 Å². The number of aliphatic hydroxyl groups excluding tert-OH is 3. The Labute approximate surface area is 506 Å². The maximum absolute atomic E-state index is 14.8. The first-order chi connectivity index (χ1) is 39.8. The van der Waals surface area contributed by atoms with Crippen molar-refractivity contribution in [2.45, 2.75) is 256 Å². The number of hydrogen-bond acceptors (Lipinski definition) is 13. The molecule has 3 aliphatic heterocycles. The van der Waals surface area contributed by atoms with Gasteiger partial charge >= 0.3 is 197 Å². The standard InChI is InChI=1S/C69H111N2O12P/c1-14-58-69(10,78)62(74)51(6)71(59(72)41-33-22-20-18-16-15-17-19-21-23-34-42-84(53-35-27-24-28-36-53,54-37-29-25-30-38-54)55-39-31-26-32-40-55)46-47(2)44-67(8,77)64(83-66-61(73)56(70(11)12)43-48(3)80-66)49(4)60(50(5)65(76)82-58)57-45-68(9,79-13)63(75)52(7)81-57/h24-32,35-40,47-52,56-58,60-64,66,73-75,77-78,84H,14-23,33-34,41-46H2,1-13H3/t47-,48-,49+,50-,51-,52+,56+,57?,58-,60+,61-,62-,63+,64-,66+,67-,68-,69-/m1/s1. The van der Waals surface area contributed by atoms with Gasteiger partial charge in [0.2, 0.25) is 5.91 Å². The summed E-state index contributed by atoms with van der Waals surface area (Å²) in [4.78, 5) is 33.0. The molecule has 0 saturated carbocycles. The van der Waals surface area contributed by atoms with E-state index in [9.17, 15) is 35.1 Å². The molecule has 5 N–H and O–H groups in total. The molecular formula is C69H111N2O12P. The number of cyclic esters (lactones) is 1. The van der Waals surface area contributed by atoms with E-state index in [1.165, 1.54) is 74.6 Å². The van der Waals surface area contributed by atoms with Crippen LogP contribution in [0.2, 0.25) is 0 Å². The van der Waals surface area contributed by atoms with Gasteiger partial charge in [-0.1, -0.05) is 27.7 Å². The Bertz CT molecular complexity index is 2320. The number of likely N-dealkylation sites (N-methyl/N-ethyl adjacent to an activating group) is 1. The second-order valence-corrected chi connectivity index (χ2v) is 30.8. The van der Waals surface area contributed by atoms with Crippen LogP contribution in [0.4, 0.5) is 0 Å². The summed E-state index contributed by atoms with van der Waals surface area (Å²) in [6.07, 6.45) is 5.78. The zero-order valence-electron chi connectivity index (χ0n) is 53.5. The second kappa shape index (κ2) is 31.7. The predicted octanol–water partition coefficient (Wildman–Crippen LogP) is 9.48. The minimum Gasteiger partial charge on any atom is -0.388 e. The molecule has 0 aliphatic carbocycles. The average Bonchev–Trinajstić information content (AvgIpc) is 2.09. The first-order valence-electron chi connectivity index (χ1n) is 32.2. The Morgan fingerprint density at radius 3 is 1.70 bits per heavy atom. The van der Waals surface area contributed by atoms with E-state index in [0.717, 1.165) is 25.7 Å². The molecule has 0 aromatic heterocycles. The van der Waals surface area contributed by atoms with Gasteiger partial charge in [-0.3, -0.25) is 9.59 Å². The van der Waals surface area contributed by atoms with Gasteiger partial charge in [0.15, 0.2) is 6.29 Å². The Kier molecular flexibility index (Phi) is 26.3. The number of unbranched alkanes of at least 4 members (excludes halogenated alkanes) is 10. The summed E-state index contributed by atoms with van der Waals surface area (Å²) >= 11 is 0. The third kappa shape index (κ3) is 17.1. The molecule has 0 spiro atoms. The number of nitrogens with zero attached hydrogens (tertiary/aromatic N) is 2. The van der Waals surface area contributed by atoms with Gasteiger partial charge in [0.25, 0.3) is 0 Å². The minimum atomic E-state index is -2.21. The van der Waals surface area contributed by atoms with Crippen molar-refractivity contribution in [2.75, 3.05) is 33.9 Å². The normalized spacial score (nSPS) is 35.2. The van der Waals surface area contributed by atoms with Crippen LogP contribution >= 0.6 is 7.26 Å². The molecule has 3 fully saturated rings. The van der Waals surface area contributed by atoms with Crippen molar-refractivity contribution in [3.8, 4) is 0 Å². The number of methoxy groups -OCH3 is 1. The fourth-order valence-electron chi connectivity index (χ4n) is 14.9. The van der Waals surface area contributed by atoms with Crippen molar-refractivity contribution < 1.29 is 58.8 Å². The van der Waals surface area contributed by atoms with Crippen LogP contribution in [0.1, 0.15) is 172 Å². The Morgan fingerprint density at radius 1 is 0.714 bits per heavy atom. The summed E-state index contributed by atoms with van der Waals surface area (Å²) < 4.78 is 32.2. The van der Waals surface area contributed by atoms with Gasteiger partial charge in [0.05, 0.1) is 47.6 Å². The molecule has 18 atom stereocenters. The van der Waals surface area contributed by atoms with Crippen molar-refractivity contribution in [2.24, 2.45) is 23.7 Å². The van der Waals surface area contributed by atoms with Gasteiger partial charge < -0.3 is 59.0 Å². The number of ether oxygens (including phenoxy) is 5. The van der Waals surface area contributed by atoms with Crippen molar-refractivity contribution in [3.63, 3.8) is 0 Å². The molecule has 0 radical (unpaired) electrons. The van der Waals surface area contributed by atoms with E-state index in [-0.39, 0.29) is 56.2 Å². The molecule has 474 valence electrons. The van der Waals surface area contributed by atoms with E-state index in [1.807, 2.05) is 46.7 Å². The summed E-state index contributed by atoms with van der Waals surface area (Å²) in [5.41, 5.74) is -4.71. The second-order valence-electron chi connectivity index (χ2n) is 26.7. The van der Waals surface area contributed by atoms with E-state index in [2.05, 4.69) is 91.0 Å². The molecule has 14 nitrogen and oxygen atoms in total. The quantitative estimate of drug-likeness (QED) is 0.0344. The molecule has 0 bridgehead atoms. The molecule has 6 rings (SSSR count). The fourth-order valence-corrected chi connectivity index (χ4v) is 19.8. The largest absolute Gasteiger partial charge is 0.388 e. The molecule has 1 amide bonds. The Morgan fingerprint density at radius 2 is 1.21 bits per heavy atom. The average molecular weight is 1190 g/mol. The van der Waals surface area contributed by atoms with Gasteiger partial charge in [-0.15, -0.1) is 0 Å². The molecule has 3 aliphatic rings. The predicted molar refractivity (Wildman–Crippen MR) is 339 cm³/mol. The summed E-state index contributed by atoms with van der Waals surface area (Å²) in [5.74, 6) is -3.60. The molecule has 3 aromatic rings. The van der Waals surface area contributed by atoms with Crippen LogP contribution in [0.3, 0.4) is 0 Å². The van der Waals surface area contributed by atoms with Gasteiger partial charge in [-0.2, -0.15) is 0 Å². The minimum absolute atomic E-state index is 0.110. The van der Waals surface area contributed by atoms with Gasteiger partial charge in [0, 0.05) is 38.5 Å². The molecule has 3 aromatic carbocycles. The Balaban J connectivity index is 1.11. The van der Waals surface area contributed by atoms with Crippen molar-refractivity contribution in [3.05, 3.63) is 91.0 Å². The molecular weight excluding hydrogens is 1080 g/mol. The number of carbonyl (C=O) groups is 2. The maximum Gasteiger partial charge on any atom is 0.126 e. The maximum atomic E-state index is 14.8. The van der Waals surface area contributed by atoms with Gasteiger partial charge in [0.1, 0.15) is 30.0 Å². The van der Waals surface area contributed by atoms with Gasteiger partial charge in [-0.25, -0.2) is 0 Å². The summed E-state index contributed by atoms with van der Waals surface area (Å²) in [7, 11) is 3.12. The van der Waals surface area contributed by atoms with Crippen LogP contribution in [0.5, 0.6) is 0 Å². The number of rotatable bonds is 23. The van der Waals surface area contributed by atoms with Crippen LogP contribution < -0.4 is 15.9 Å². The van der Waals surface area contributed by atoms with Crippen LogP contribution in [0.25, 0.3) is 0 Å². The number of benzene rings is 3. The van der Waals surface area contributed by atoms with E-state index < -0.39 is 103 Å². The Hall–Kier alpha value is -3.37. The zero-order chi connectivity index (χ0) is 61.6. The number of hydrogen-bond donors (Lipinski definition) is 5. The first-order valence-corrected chi connectivity index (χ1v) is 34.4. The topological polar surface area (TPSA) is 188 Å². The van der Waals surface area contributed by atoms with E-state index in [0.29, 0.717) is 12.8 Å². The molecule has 84 heavy (non-hydrogen) atoms. The third-order valence-electron chi connectivity index (χ3n) is 19.8. The number of carbonyl (C=O) groups excluding carboxylic acids is 2. The van der Waals surface area contributed by atoms with Crippen LogP contribution in [0, 0.1) is 23.7 Å². The van der Waals surface area contributed by atoms with E-state index >= 15 is 0 Å². The molecule has 3 heterocycles. The fraction of sp³-hybridized carbons (Fsp3) is 0.710. The SMILES string of the molecule is CC[C@H]1OC(=O)[C@H](C)[C@@H](C2C[C@@](C)(OC)[C@@H](O)[C@H](C)O2)[C@H](C)[C@@H](O[C@@H]2O[C@H](C)C[C@H](N(C)C)[C@H]2O)[C@](C)(O)C[C@@H](C)CN(C(=O)CCCCCCCCCCCCC[PH](c2ccccc2)(c2ccccc2)c2ccccc2)[C@H](C)[C@@H](O)[C@]1(C)O. The van der Waals surface area contributed by atoms with E-state index in [1.54, 1.807) is 39.5 Å². The smallest absolute Gasteiger partial charge is 0.126 e. The van der Waals surface area contributed by atoms with Crippen molar-refractivity contribution in [1.82, 2.24) is 9.80 Å². The third-order valence-corrected chi connectivity index (χ3v) is 24.9. The summed E-state index contributed by atoms with van der Waals surface area (Å²) in [6, 6.07) is 32.3. The molecule has 3 saturated heterocycles. The summed E-state index contributed by atoms with van der Waals surface area (Å²) in [6.45, 7) is 17.9. The number of esters is 1. The number of amides is 1. The molecule has 15 heteroatoms. The zero-order valence-corrected chi connectivity index (χ0v) is 54.5. The first kappa shape index (κ1) is 69.7. The molecule has 1 unspecified atom stereocenters. The van der Waals surface area contributed by atoms with Crippen LogP contribution in [0.15, 0.2) is 91.0 Å².